The molecule has 0 spiro atoms. The average Bonchev–Trinajstić information content (AvgIpc) is 3.34. The average molecular weight is 498 g/mol. The number of anilines is 1. The van der Waals surface area contributed by atoms with E-state index in [0.717, 1.165) is 55.9 Å². The van der Waals surface area contributed by atoms with Crippen molar-refractivity contribution in [2.75, 3.05) is 25.1 Å². The monoisotopic (exact) mass is 497 g/mol. The molecule has 5 rings (SSSR count). The molecular weight excluding hydrogens is 466 g/mol. The van der Waals surface area contributed by atoms with Crippen LogP contribution >= 0.6 is 0 Å². The maximum absolute atomic E-state index is 12.0. The summed E-state index contributed by atoms with van der Waals surface area (Å²) in [7, 11) is 1.30. The standard InChI is InChI=1S/C30H31N3O4/c1-20-14-27(30(34)35-2)28(18-31)32-29(20)33-12-10-24(11-13-33)37-25-9-8-22-15-26(17-23(22)16-25)36-19-21-6-4-3-5-7-21/h3-9,14,16,24,26H,10-13,15,17,19H2,1-2H3. The number of nitrogens with zero attached hydrogens (tertiary/aromatic N) is 3. The number of methoxy groups -OCH3 is 1. The molecule has 1 aliphatic carbocycles. The van der Waals surface area contributed by atoms with Crippen molar-refractivity contribution >= 4 is 11.8 Å². The van der Waals surface area contributed by atoms with Crippen LogP contribution < -0.4 is 9.64 Å². The predicted octanol–water partition coefficient (Wildman–Crippen LogP) is 4.78. The number of benzene rings is 2. The second-order valence-electron chi connectivity index (χ2n) is 9.69. The Bertz CT molecular complexity index is 1310. The third kappa shape index (κ3) is 5.60. The molecule has 0 radical (unpaired) electrons. The van der Waals surface area contributed by atoms with Gasteiger partial charge >= 0.3 is 5.97 Å². The lowest BCUT2D eigenvalue weighted by Crippen LogP contribution is -2.39. The Balaban J connectivity index is 1.16. The lowest BCUT2D eigenvalue weighted by Gasteiger charge is -2.34. The summed E-state index contributed by atoms with van der Waals surface area (Å²) in [5.41, 5.74) is 4.99. The topological polar surface area (TPSA) is 84.7 Å². The van der Waals surface area contributed by atoms with Gasteiger partial charge in [-0.05, 0) is 60.2 Å². The number of hydrogen-bond acceptors (Lipinski definition) is 7. The van der Waals surface area contributed by atoms with Gasteiger partial charge in [0.25, 0.3) is 0 Å². The van der Waals surface area contributed by atoms with Crippen LogP contribution in [0.1, 0.15) is 51.1 Å². The molecule has 7 heteroatoms. The third-order valence-electron chi connectivity index (χ3n) is 7.14. The SMILES string of the molecule is COC(=O)c1cc(C)c(N2CCC(Oc3ccc4c(c3)CC(OCc3ccccc3)C4)CC2)nc1C#N. The van der Waals surface area contributed by atoms with Crippen molar-refractivity contribution in [3.63, 3.8) is 0 Å². The van der Waals surface area contributed by atoms with E-state index in [1.54, 1.807) is 6.07 Å². The van der Waals surface area contributed by atoms with E-state index in [9.17, 15) is 10.1 Å². The van der Waals surface area contributed by atoms with Crippen LogP contribution in [0.4, 0.5) is 5.82 Å². The van der Waals surface area contributed by atoms with Crippen molar-refractivity contribution in [3.05, 3.63) is 88.1 Å². The number of rotatable bonds is 7. The first-order valence-corrected chi connectivity index (χ1v) is 12.7. The molecule has 1 unspecified atom stereocenters. The number of piperidine rings is 1. The van der Waals surface area contributed by atoms with Crippen LogP contribution in [0.2, 0.25) is 0 Å². The van der Waals surface area contributed by atoms with E-state index in [1.807, 2.05) is 31.2 Å². The molecule has 1 atom stereocenters. The molecule has 0 N–H and O–H groups in total. The largest absolute Gasteiger partial charge is 0.490 e. The molecule has 37 heavy (non-hydrogen) atoms. The summed E-state index contributed by atoms with van der Waals surface area (Å²) >= 11 is 0. The number of pyridine rings is 1. The van der Waals surface area contributed by atoms with Gasteiger partial charge in [0.2, 0.25) is 0 Å². The summed E-state index contributed by atoms with van der Waals surface area (Å²) in [5.74, 6) is 1.10. The highest BCUT2D eigenvalue weighted by Gasteiger charge is 2.26. The maximum Gasteiger partial charge on any atom is 0.340 e. The Morgan fingerprint density at radius 2 is 1.81 bits per heavy atom. The molecule has 1 saturated heterocycles. The Morgan fingerprint density at radius 3 is 2.54 bits per heavy atom. The van der Waals surface area contributed by atoms with Crippen LogP contribution in [0.3, 0.4) is 0 Å². The van der Waals surface area contributed by atoms with E-state index in [0.29, 0.717) is 6.61 Å². The first-order valence-electron chi connectivity index (χ1n) is 12.7. The molecule has 2 heterocycles. The number of aryl methyl sites for hydroxylation is 1. The molecule has 7 nitrogen and oxygen atoms in total. The minimum absolute atomic E-state index is 0.0926. The number of aromatic nitrogens is 1. The minimum Gasteiger partial charge on any atom is -0.490 e. The zero-order chi connectivity index (χ0) is 25.8. The van der Waals surface area contributed by atoms with Gasteiger partial charge in [-0.25, -0.2) is 9.78 Å². The second-order valence-corrected chi connectivity index (χ2v) is 9.69. The number of nitriles is 1. The summed E-state index contributed by atoms with van der Waals surface area (Å²) in [6.45, 7) is 4.07. The van der Waals surface area contributed by atoms with Gasteiger partial charge in [-0.15, -0.1) is 0 Å². The highest BCUT2D eigenvalue weighted by Crippen LogP contribution is 2.31. The van der Waals surface area contributed by atoms with Crippen LogP contribution in [0, 0.1) is 18.3 Å². The molecule has 190 valence electrons. The number of hydrogen-bond donors (Lipinski definition) is 0. The number of esters is 1. The fourth-order valence-corrected chi connectivity index (χ4v) is 5.19. The van der Waals surface area contributed by atoms with E-state index in [-0.39, 0.29) is 23.5 Å². The fourth-order valence-electron chi connectivity index (χ4n) is 5.19. The highest BCUT2D eigenvalue weighted by molar-refractivity contribution is 5.92. The van der Waals surface area contributed by atoms with Crippen LogP contribution in [-0.2, 0) is 28.9 Å². The summed E-state index contributed by atoms with van der Waals surface area (Å²) in [6, 6.07) is 20.4. The van der Waals surface area contributed by atoms with Crippen molar-refractivity contribution < 1.29 is 19.0 Å². The molecule has 1 fully saturated rings. The number of fused-ring (bicyclic) bond motifs is 1. The van der Waals surface area contributed by atoms with Gasteiger partial charge in [0.1, 0.15) is 23.7 Å². The Morgan fingerprint density at radius 1 is 1.05 bits per heavy atom. The van der Waals surface area contributed by atoms with Crippen LogP contribution in [0.5, 0.6) is 5.75 Å². The first-order chi connectivity index (χ1) is 18.0. The minimum atomic E-state index is -0.547. The van der Waals surface area contributed by atoms with Gasteiger partial charge in [-0.1, -0.05) is 36.4 Å². The van der Waals surface area contributed by atoms with Crippen LogP contribution in [-0.4, -0.2) is 43.4 Å². The predicted molar refractivity (Wildman–Crippen MR) is 140 cm³/mol. The molecule has 3 aromatic rings. The third-order valence-corrected chi connectivity index (χ3v) is 7.14. The van der Waals surface area contributed by atoms with Gasteiger partial charge in [-0.2, -0.15) is 5.26 Å². The van der Waals surface area contributed by atoms with Crippen molar-refractivity contribution in [3.8, 4) is 11.8 Å². The Kier molecular flexibility index (Phi) is 7.38. The normalized spacial score (nSPS) is 17.2. The molecule has 0 amide bonds. The van der Waals surface area contributed by atoms with E-state index in [1.165, 1.54) is 23.8 Å². The quantitative estimate of drug-likeness (QED) is 0.434. The lowest BCUT2D eigenvalue weighted by molar-refractivity contribution is 0.0479. The zero-order valence-corrected chi connectivity index (χ0v) is 21.3. The lowest BCUT2D eigenvalue weighted by atomic mass is 10.1. The van der Waals surface area contributed by atoms with Gasteiger partial charge < -0.3 is 19.1 Å². The zero-order valence-electron chi connectivity index (χ0n) is 21.3. The highest BCUT2D eigenvalue weighted by atomic mass is 16.5. The van der Waals surface area contributed by atoms with E-state index < -0.39 is 5.97 Å². The van der Waals surface area contributed by atoms with Crippen molar-refractivity contribution in [2.24, 2.45) is 0 Å². The van der Waals surface area contributed by atoms with Crippen LogP contribution in [0.15, 0.2) is 54.6 Å². The smallest absolute Gasteiger partial charge is 0.340 e. The van der Waals surface area contributed by atoms with Crippen molar-refractivity contribution in [2.45, 2.75) is 51.4 Å². The number of carbonyl (C=O) groups is 1. The van der Waals surface area contributed by atoms with Gasteiger partial charge in [0.15, 0.2) is 5.69 Å². The van der Waals surface area contributed by atoms with Crippen LogP contribution in [0.25, 0.3) is 0 Å². The second kappa shape index (κ2) is 11.0. The Hall–Kier alpha value is -3.89. The Labute approximate surface area is 217 Å². The van der Waals surface area contributed by atoms with E-state index in [4.69, 9.17) is 14.2 Å². The first kappa shape index (κ1) is 24.8. The fraction of sp³-hybridized carbons (Fsp3) is 0.367. The molecule has 1 aliphatic heterocycles. The van der Waals surface area contributed by atoms with Gasteiger partial charge in [0.05, 0.1) is 25.4 Å². The van der Waals surface area contributed by atoms with Gasteiger partial charge in [-0.3, -0.25) is 0 Å². The summed E-state index contributed by atoms with van der Waals surface area (Å²) < 4.78 is 17.3. The van der Waals surface area contributed by atoms with Gasteiger partial charge in [0, 0.05) is 25.9 Å². The van der Waals surface area contributed by atoms with Crippen molar-refractivity contribution in [1.82, 2.24) is 4.98 Å². The van der Waals surface area contributed by atoms with E-state index in [2.05, 4.69) is 40.2 Å². The summed E-state index contributed by atoms with van der Waals surface area (Å²) in [5, 5.41) is 9.48. The molecule has 1 aromatic heterocycles. The van der Waals surface area contributed by atoms with E-state index >= 15 is 0 Å². The summed E-state index contributed by atoms with van der Waals surface area (Å²) in [4.78, 5) is 18.6. The number of ether oxygens (including phenoxy) is 3. The molecule has 2 aromatic carbocycles. The molecule has 0 bridgehead atoms. The summed E-state index contributed by atoms with van der Waals surface area (Å²) in [6.07, 6.45) is 3.86. The molecule has 2 aliphatic rings. The molecular formula is C30H31N3O4. The van der Waals surface area contributed by atoms with Crippen molar-refractivity contribution in [1.29, 1.82) is 5.26 Å². The number of carbonyl (C=O) groups excluding carboxylic acids is 1. The molecule has 0 saturated carbocycles. The maximum atomic E-state index is 12.0.